The molecule has 0 saturated carbocycles. The van der Waals surface area contributed by atoms with Crippen molar-refractivity contribution in [2.45, 2.75) is 46.5 Å². The van der Waals surface area contributed by atoms with Gasteiger partial charge >= 0.3 is 11.9 Å². The molecule has 6 N–H and O–H groups in total. The van der Waals surface area contributed by atoms with Crippen molar-refractivity contribution in [2.75, 3.05) is 10.6 Å². The first kappa shape index (κ1) is 32.5. The van der Waals surface area contributed by atoms with Gasteiger partial charge in [-0.2, -0.15) is 0 Å². The topological polar surface area (TPSA) is 164 Å². The minimum Gasteiger partial charge on any atom is -0.481 e. The van der Waals surface area contributed by atoms with Crippen LogP contribution >= 0.6 is 22.6 Å². The molecule has 0 spiro atoms. The van der Waals surface area contributed by atoms with Crippen molar-refractivity contribution in [3.05, 3.63) is 103 Å². The van der Waals surface area contributed by atoms with Crippen LogP contribution in [0, 0.1) is 24.3 Å². The Balaban J connectivity index is 0.000000181. The number of amides is 2. The van der Waals surface area contributed by atoms with Gasteiger partial charge in [0.2, 0.25) is 0 Å². The molecule has 2 aliphatic heterocycles. The Bertz CT molecular complexity index is 1950. The molecule has 0 saturated heterocycles. The number of carboxylic acids is 2. The average molecular weight is 733 g/mol. The number of aliphatic carboxylic acids is 2. The smallest absolute Gasteiger partial charge is 0.303 e. The van der Waals surface area contributed by atoms with E-state index in [1.807, 2.05) is 81.7 Å². The molecule has 0 fully saturated rings. The van der Waals surface area contributed by atoms with Gasteiger partial charge in [-0.25, -0.2) is 0 Å². The Hall–Kier alpha value is -4.91. The van der Waals surface area contributed by atoms with E-state index in [1.165, 1.54) is 0 Å². The minimum atomic E-state index is -0.816. The molecule has 0 radical (unpaired) electrons. The quantitative estimate of drug-likeness (QED) is 0.0886. The molecule has 0 bridgehead atoms. The molecular formula is C35H33IN4O6. The van der Waals surface area contributed by atoms with Crippen molar-refractivity contribution in [1.29, 1.82) is 0 Å². The Morgan fingerprint density at radius 3 is 1.89 bits per heavy atom. The van der Waals surface area contributed by atoms with E-state index in [4.69, 9.17) is 10.2 Å². The van der Waals surface area contributed by atoms with Crippen LogP contribution in [0.1, 0.15) is 63.2 Å². The van der Waals surface area contributed by atoms with Crippen LogP contribution in [0.4, 0.5) is 11.4 Å². The molecule has 4 heterocycles. The van der Waals surface area contributed by atoms with E-state index in [-0.39, 0.29) is 24.7 Å². The van der Waals surface area contributed by atoms with Crippen molar-refractivity contribution >= 4 is 81.0 Å². The molecule has 11 heteroatoms. The second kappa shape index (κ2) is 13.6. The summed E-state index contributed by atoms with van der Waals surface area (Å²) in [6.07, 6.45) is 8.44. The van der Waals surface area contributed by atoms with Gasteiger partial charge in [0.1, 0.15) is 0 Å². The first-order valence-electron chi connectivity index (χ1n) is 14.7. The molecule has 236 valence electrons. The van der Waals surface area contributed by atoms with Gasteiger partial charge in [0.15, 0.2) is 0 Å². The lowest BCUT2D eigenvalue weighted by Crippen LogP contribution is -2.03. The number of H-pyrrole nitrogens is 2. The maximum absolute atomic E-state index is 12.2. The lowest BCUT2D eigenvalue weighted by molar-refractivity contribution is -0.138. The summed E-state index contributed by atoms with van der Waals surface area (Å²) in [5, 5.41) is 23.3. The Kier molecular flexibility index (Phi) is 9.61. The second-order valence-electron chi connectivity index (χ2n) is 11.2. The summed E-state index contributed by atoms with van der Waals surface area (Å²) in [6, 6.07) is 11.6. The van der Waals surface area contributed by atoms with Gasteiger partial charge in [0, 0.05) is 62.7 Å². The minimum absolute atomic E-state index is 0.0935. The van der Waals surface area contributed by atoms with Gasteiger partial charge in [0.05, 0.1) is 11.1 Å². The van der Waals surface area contributed by atoms with E-state index in [1.54, 1.807) is 0 Å². The van der Waals surface area contributed by atoms with Gasteiger partial charge in [0.25, 0.3) is 11.8 Å². The van der Waals surface area contributed by atoms with Crippen molar-refractivity contribution in [2.24, 2.45) is 0 Å². The molecule has 4 aromatic rings. The van der Waals surface area contributed by atoms with Gasteiger partial charge < -0.3 is 30.8 Å². The monoisotopic (exact) mass is 732 g/mol. The Morgan fingerprint density at radius 1 is 0.761 bits per heavy atom. The number of aryl methyl sites for hydroxylation is 3. The van der Waals surface area contributed by atoms with E-state index in [2.05, 4.69) is 43.2 Å². The van der Waals surface area contributed by atoms with E-state index in [9.17, 15) is 19.2 Å². The number of fused-ring (bicyclic) bond motifs is 2. The number of benzene rings is 2. The summed E-state index contributed by atoms with van der Waals surface area (Å²) in [5.41, 5.74) is 11.3. The van der Waals surface area contributed by atoms with Gasteiger partial charge in [-0.3, -0.25) is 19.2 Å². The number of anilines is 2. The first-order valence-corrected chi connectivity index (χ1v) is 15.7. The van der Waals surface area contributed by atoms with Gasteiger partial charge in [-0.15, -0.1) is 0 Å². The molecule has 2 aliphatic rings. The number of aromatic amines is 2. The standard InChI is InChI=1S/C18H18N2O3.C17H15IN2O3/c1-10-4-3-5-14-17(10)13(18(23)20-14)8-15-11(2)12(9-19-15)6-7-16(21)22;1-9-10(2-5-16(21)22)8-19-15(9)7-13-12-6-11(18)3-4-14(12)20-17(13)23/h3-5,8-9,19H,6-7H2,1-2H3,(H,20,23)(H,21,22);3-4,6-8,19H,2,5H2,1H3,(H,20,23)(H,21,22). The van der Waals surface area contributed by atoms with Crippen LogP contribution in [0.3, 0.4) is 0 Å². The molecule has 0 atom stereocenters. The molecule has 2 aromatic heterocycles. The van der Waals surface area contributed by atoms with Crippen LogP contribution in [0.25, 0.3) is 23.3 Å². The molecule has 6 rings (SSSR count). The van der Waals surface area contributed by atoms with Crippen molar-refractivity contribution in [1.82, 2.24) is 9.97 Å². The van der Waals surface area contributed by atoms with Gasteiger partial charge in [-0.1, -0.05) is 12.1 Å². The maximum Gasteiger partial charge on any atom is 0.303 e. The zero-order valence-electron chi connectivity index (χ0n) is 25.5. The third-order valence-electron chi connectivity index (χ3n) is 8.17. The van der Waals surface area contributed by atoms with E-state index in [0.717, 1.165) is 65.3 Å². The number of hydrogen-bond acceptors (Lipinski definition) is 4. The number of carbonyl (C=O) groups excluding carboxylic acids is 2. The summed E-state index contributed by atoms with van der Waals surface area (Å²) >= 11 is 2.22. The third kappa shape index (κ3) is 6.99. The zero-order valence-corrected chi connectivity index (χ0v) is 27.7. The van der Waals surface area contributed by atoms with Crippen LogP contribution in [0.2, 0.25) is 0 Å². The number of aromatic nitrogens is 2. The van der Waals surface area contributed by atoms with E-state index < -0.39 is 11.9 Å². The summed E-state index contributed by atoms with van der Waals surface area (Å²) in [4.78, 5) is 52.2. The molecular weight excluding hydrogens is 699 g/mol. The van der Waals surface area contributed by atoms with Crippen LogP contribution < -0.4 is 10.6 Å². The highest BCUT2D eigenvalue weighted by atomic mass is 127. The summed E-state index contributed by atoms with van der Waals surface area (Å²) in [6.45, 7) is 5.85. The van der Waals surface area contributed by atoms with Crippen molar-refractivity contribution in [3.63, 3.8) is 0 Å². The normalized spacial score (nSPS) is 14.9. The largest absolute Gasteiger partial charge is 0.481 e. The lowest BCUT2D eigenvalue weighted by Gasteiger charge is -2.03. The highest BCUT2D eigenvalue weighted by Crippen LogP contribution is 2.36. The predicted octanol–water partition coefficient (Wildman–Crippen LogP) is 6.58. The second-order valence-corrected chi connectivity index (χ2v) is 12.4. The number of carboxylic acid groups (broad SMARTS) is 2. The summed E-state index contributed by atoms with van der Waals surface area (Å²) in [7, 11) is 0. The van der Waals surface area contributed by atoms with Crippen LogP contribution in [-0.4, -0.2) is 43.9 Å². The molecule has 0 unspecified atom stereocenters. The van der Waals surface area contributed by atoms with E-state index >= 15 is 0 Å². The fourth-order valence-corrected chi connectivity index (χ4v) is 6.06. The Labute approximate surface area is 279 Å². The van der Waals surface area contributed by atoms with Crippen LogP contribution in [0.5, 0.6) is 0 Å². The number of halogens is 1. The summed E-state index contributed by atoms with van der Waals surface area (Å²) < 4.78 is 1.06. The number of carbonyl (C=O) groups is 4. The molecule has 10 nitrogen and oxygen atoms in total. The van der Waals surface area contributed by atoms with E-state index in [0.29, 0.717) is 24.0 Å². The fraction of sp³-hybridized carbons (Fsp3) is 0.200. The predicted molar refractivity (Wildman–Crippen MR) is 186 cm³/mol. The highest BCUT2D eigenvalue weighted by Gasteiger charge is 2.26. The van der Waals surface area contributed by atoms with Gasteiger partial charge in [-0.05, 0) is 120 Å². The zero-order chi connectivity index (χ0) is 33.1. The molecule has 0 aliphatic carbocycles. The molecule has 2 amide bonds. The van der Waals surface area contributed by atoms with Crippen molar-refractivity contribution < 1.29 is 29.4 Å². The fourth-order valence-electron chi connectivity index (χ4n) is 5.57. The first-order chi connectivity index (χ1) is 21.9. The lowest BCUT2D eigenvalue weighted by atomic mass is 9.99. The maximum atomic E-state index is 12.2. The SMILES string of the molecule is Cc1c(CCC(=O)O)c[nH]c1C=C1C(=O)Nc2ccc(I)cc21.Cc1cccc2c1C(=Cc1[nH]cc(CCC(=O)O)c1C)C(=O)N2. The number of rotatable bonds is 8. The molecule has 46 heavy (non-hydrogen) atoms. The van der Waals surface area contributed by atoms with Crippen molar-refractivity contribution in [3.8, 4) is 0 Å². The number of nitrogens with one attached hydrogen (secondary N) is 4. The Morgan fingerprint density at radius 2 is 1.30 bits per heavy atom. The molecule has 2 aromatic carbocycles. The summed E-state index contributed by atoms with van der Waals surface area (Å²) in [5.74, 6) is -1.87. The number of hydrogen-bond donors (Lipinski definition) is 6. The third-order valence-corrected chi connectivity index (χ3v) is 8.84. The highest BCUT2D eigenvalue weighted by molar-refractivity contribution is 14.1. The average Bonchev–Trinajstić information content (AvgIpc) is 3.72. The van der Waals surface area contributed by atoms with Crippen LogP contribution in [-0.2, 0) is 32.0 Å². The van der Waals surface area contributed by atoms with Crippen LogP contribution in [0.15, 0.2) is 48.8 Å².